The Balaban J connectivity index is 3.20. The zero-order valence-electron chi connectivity index (χ0n) is 12.3. The van der Waals surface area contributed by atoms with Crippen molar-refractivity contribution >= 4 is 16.2 Å². The molecule has 1 unspecified atom stereocenters. The second-order valence-corrected chi connectivity index (χ2v) is 8.00. The number of rotatable bonds is 4. The third-order valence-electron chi connectivity index (χ3n) is 3.85. The maximum Gasteiger partial charge on any atom is 0.322 e. The zero-order valence-corrected chi connectivity index (χ0v) is 13.1. The molecule has 1 atom stereocenters. The molecule has 0 aromatic heterocycles. The summed E-state index contributed by atoms with van der Waals surface area (Å²) >= 11 is 0. The van der Waals surface area contributed by atoms with Gasteiger partial charge in [-0.15, -0.1) is 0 Å². The van der Waals surface area contributed by atoms with Crippen LogP contribution in [0.4, 0.5) is 0 Å². The second kappa shape index (κ2) is 5.38. The van der Waals surface area contributed by atoms with Gasteiger partial charge in [-0.1, -0.05) is 13.8 Å². The number of piperidine rings is 1. The van der Waals surface area contributed by atoms with Crippen LogP contribution in [0.1, 0.15) is 40.5 Å². The van der Waals surface area contributed by atoms with E-state index in [9.17, 15) is 18.3 Å². The highest BCUT2D eigenvalue weighted by Gasteiger charge is 2.48. The van der Waals surface area contributed by atoms with E-state index in [1.165, 1.54) is 11.4 Å². The summed E-state index contributed by atoms with van der Waals surface area (Å²) < 4.78 is 27.4. The first kappa shape index (κ1) is 16.4. The van der Waals surface area contributed by atoms with Crippen molar-refractivity contribution in [3.8, 4) is 0 Å². The van der Waals surface area contributed by atoms with E-state index >= 15 is 0 Å². The summed E-state index contributed by atoms with van der Waals surface area (Å²) in [6, 6.07) is -1.21. The first-order valence-corrected chi connectivity index (χ1v) is 7.89. The molecule has 1 aliphatic rings. The molecule has 0 spiro atoms. The van der Waals surface area contributed by atoms with Crippen LogP contribution >= 0.6 is 0 Å². The highest BCUT2D eigenvalue weighted by molar-refractivity contribution is 7.86. The molecule has 0 aromatic rings. The van der Waals surface area contributed by atoms with Crippen LogP contribution in [0.2, 0.25) is 0 Å². The summed E-state index contributed by atoms with van der Waals surface area (Å²) in [6.07, 6.45) is 1.39. The lowest BCUT2D eigenvalue weighted by atomic mass is 9.77. The van der Waals surface area contributed by atoms with E-state index in [0.717, 1.165) is 4.31 Å². The van der Waals surface area contributed by atoms with Gasteiger partial charge < -0.3 is 5.11 Å². The van der Waals surface area contributed by atoms with Crippen LogP contribution in [0.5, 0.6) is 0 Å². The highest BCUT2D eigenvalue weighted by atomic mass is 32.2. The molecule has 1 heterocycles. The van der Waals surface area contributed by atoms with Crippen molar-refractivity contribution in [2.75, 3.05) is 13.6 Å². The summed E-state index contributed by atoms with van der Waals surface area (Å²) in [5.41, 5.74) is -0.561. The van der Waals surface area contributed by atoms with Crippen LogP contribution in [0.25, 0.3) is 0 Å². The average Bonchev–Trinajstić information content (AvgIpc) is 2.25. The quantitative estimate of drug-likeness (QED) is 0.843. The van der Waals surface area contributed by atoms with Crippen LogP contribution in [-0.2, 0) is 15.0 Å². The lowest BCUT2D eigenvalue weighted by Gasteiger charge is -2.44. The summed E-state index contributed by atoms with van der Waals surface area (Å²) in [4.78, 5) is 11.5. The third-order valence-corrected chi connectivity index (χ3v) is 5.98. The second-order valence-electron chi connectivity index (χ2n) is 6.06. The molecule has 112 valence electrons. The minimum atomic E-state index is -3.74. The number of carboxylic acid groups (broad SMARTS) is 1. The number of hydrogen-bond acceptors (Lipinski definition) is 3. The van der Waals surface area contributed by atoms with Gasteiger partial charge in [0.25, 0.3) is 10.2 Å². The Kier molecular flexibility index (Phi) is 4.64. The summed E-state index contributed by atoms with van der Waals surface area (Å²) in [5, 5.41) is 9.40. The van der Waals surface area contributed by atoms with E-state index in [0.29, 0.717) is 12.8 Å². The molecule has 1 rings (SSSR count). The number of aliphatic carboxylic acids is 1. The van der Waals surface area contributed by atoms with Crippen LogP contribution in [0.3, 0.4) is 0 Å². The molecule has 1 aliphatic heterocycles. The van der Waals surface area contributed by atoms with Gasteiger partial charge in [0.1, 0.15) is 6.04 Å². The SMILES string of the molecule is CC(C)N(C)S(=O)(=O)N1CCCC(C)(C)C1C(=O)O. The van der Waals surface area contributed by atoms with Gasteiger partial charge in [-0.05, 0) is 32.1 Å². The van der Waals surface area contributed by atoms with E-state index in [-0.39, 0.29) is 12.6 Å². The molecule has 19 heavy (non-hydrogen) atoms. The molecular weight excluding hydrogens is 268 g/mol. The van der Waals surface area contributed by atoms with Crippen molar-refractivity contribution in [3.63, 3.8) is 0 Å². The minimum Gasteiger partial charge on any atom is -0.480 e. The largest absolute Gasteiger partial charge is 0.480 e. The summed E-state index contributed by atoms with van der Waals surface area (Å²) in [5.74, 6) is -1.08. The molecule has 0 radical (unpaired) electrons. The average molecular weight is 292 g/mol. The first-order chi connectivity index (χ1) is 8.51. The van der Waals surface area contributed by atoms with Gasteiger partial charge in [0, 0.05) is 19.6 Å². The van der Waals surface area contributed by atoms with Gasteiger partial charge in [-0.2, -0.15) is 17.0 Å². The Labute approximate surface area is 115 Å². The van der Waals surface area contributed by atoms with Crippen LogP contribution in [0.15, 0.2) is 0 Å². The van der Waals surface area contributed by atoms with E-state index in [1.807, 2.05) is 13.8 Å². The van der Waals surface area contributed by atoms with Gasteiger partial charge in [0.05, 0.1) is 0 Å². The van der Waals surface area contributed by atoms with Crippen LogP contribution in [-0.4, -0.2) is 53.8 Å². The molecule has 7 heteroatoms. The van der Waals surface area contributed by atoms with Crippen molar-refractivity contribution in [3.05, 3.63) is 0 Å². The predicted molar refractivity (Wildman–Crippen MR) is 73.0 cm³/mol. The predicted octanol–water partition coefficient (Wildman–Crippen LogP) is 1.15. The number of nitrogens with zero attached hydrogens (tertiary/aromatic N) is 2. The molecule has 6 nitrogen and oxygen atoms in total. The fourth-order valence-corrected chi connectivity index (χ4v) is 4.35. The van der Waals surface area contributed by atoms with Gasteiger partial charge in [0.15, 0.2) is 0 Å². The topological polar surface area (TPSA) is 77.9 Å². The van der Waals surface area contributed by atoms with Crippen molar-refractivity contribution in [1.82, 2.24) is 8.61 Å². The maximum absolute atomic E-state index is 12.5. The monoisotopic (exact) mass is 292 g/mol. The maximum atomic E-state index is 12.5. The first-order valence-electron chi connectivity index (χ1n) is 6.49. The van der Waals surface area contributed by atoms with Crippen molar-refractivity contribution < 1.29 is 18.3 Å². The molecule has 1 N–H and O–H groups in total. The van der Waals surface area contributed by atoms with E-state index < -0.39 is 27.6 Å². The normalized spacial score (nSPS) is 24.9. The van der Waals surface area contributed by atoms with Crippen LogP contribution < -0.4 is 0 Å². The number of hydrogen-bond donors (Lipinski definition) is 1. The Morgan fingerprint density at radius 3 is 2.37 bits per heavy atom. The van der Waals surface area contributed by atoms with Crippen molar-refractivity contribution in [2.45, 2.75) is 52.6 Å². The number of carboxylic acids is 1. The minimum absolute atomic E-state index is 0.204. The molecular formula is C12H24N2O4S. The Morgan fingerprint density at radius 1 is 1.42 bits per heavy atom. The van der Waals surface area contributed by atoms with Crippen LogP contribution in [0, 0.1) is 5.41 Å². The van der Waals surface area contributed by atoms with Gasteiger partial charge in [-0.25, -0.2) is 0 Å². The van der Waals surface area contributed by atoms with E-state index in [4.69, 9.17) is 0 Å². The molecule has 0 saturated carbocycles. The lowest BCUT2D eigenvalue weighted by Crippen LogP contribution is -2.59. The van der Waals surface area contributed by atoms with E-state index in [2.05, 4.69) is 0 Å². The van der Waals surface area contributed by atoms with Gasteiger partial charge in [-0.3, -0.25) is 4.79 Å². The fraction of sp³-hybridized carbons (Fsp3) is 0.917. The molecule has 0 aromatic carbocycles. The molecule has 0 amide bonds. The Morgan fingerprint density at radius 2 is 1.95 bits per heavy atom. The van der Waals surface area contributed by atoms with Gasteiger partial charge in [0.2, 0.25) is 0 Å². The Hall–Kier alpha value is -0.660. The van der Waals surface area contributed by atoms with E-state index in [1.54, 1.807) is 13.8 Å². The zero-order chi connectivity index (χ0) is 15.0. The third kappa shape index (κ3) is 3.09. The molecule has 0 aliphatic carbocycles. The van der Waals surface area contributed by atoms with Crippen molar-refractivity contribution in [1.29, 1.82) is 0 Å². The van der Waals surface area contributed by atoms with Crippen molar-refractivity contribution in [2.24, 2.45) is 5.41 Å². The highest BCUT2D eigenvalue weighted by Crippen LogP contribution is 2.37. The Bertz CT molecular complexity index is 445. The lowest BCUT2D eigenvalue weighted by molar-refractivity contribution is -0.147. The van der Waals surface area contributed by atoms with Gasteiger partial charge >= 0.3 is 5.97 Å². The summed E-state index contributed by atoms with van der Waals surface area (Å²) in [7, 11) is -2.25. The molecule has 1 saturated heterocycles. The number of carbonyl (C=O) groups is 1. The fourth-order valence-electron chi connectivity index (χ4n) is 2.48. The molecule has 1 fully saturated rings. The standard InChI is InChI=1S/C12H24N2O4S/c1-9(2)13(5)19(17,18)14-8-6-7-12(3,4)10(14)11(15)16/h9-10H,6-8H2,1-5H3,(H,15,16). The molecule has 0 bridgehead atoms. The smallest absolute Gasteiger partial charge is 0.322 e. The summed E-state index contributed by atoms with van der Waals surface area (Å²) in [6.45, 7) is 7.41.